The number of benzene rings is 3. The topological polar surface area (TPSA) is 340 Å². The smallest absolute Gasteiger partial charge is 0.253 e. The van der Waals surface area contributed by atoms with Gasteiger partial charge in [0.1, 0.15) is 102 Å². The second kappa shape index (κ2) is 16.3. The van der Waals surface area contributed by atoms with Crippen molar-refractivity contribution in [3.8, 4) is 23.0 Å². The molecule has 0 aromatic heterocycles. The number of aromatic hydroxyl groups is 2. The van der Waals surface area contributed by atoms with Crippen molar-refractivity contribution >= 4 is 22.5 Å². The zero-order chi connectivity index (χ0) is 43.9. The summed E-state index contributed by atoms with van der Waals surface area (Å²) in [5, 5.41) is 138. The lowest BCUT2D eigenvalue weighted by Gasteiger charge is -2.47. The molecular formula is C41H45NO20. The average Bonchev–Trinajstić information content (AvgIpc) is 3.87. The number of rotatable bonds is 10. The van der Waals surface area contributed by atoms with E-state index in [0.29, 0.717) is 28.1 Å². The van der Waals surface area contributed by atoms with Gasteiger partial charge in [-0.25, -0.2) is 0 Å². The molecule has 21 heteroatoms. The number of fused-ring (bicyclic) bond motifs is 7. The predicted octanol–water partition coefficient (Wildman–Crippen LogP) is -3.20. The van der Waals surface area contributed by atoms with Crippen LogP contribution in [0.3, 0.4) is 0 Å². The van der Waals surface area contributed by atoms with Crippen molar-refractivity contribution in [1.82, 2.24) is 0 Å². The molecule has 9 rings (SSSR count). The second-order valence-electron chi connectivity index (χ2n) is 15.8. The Bertz CT molecular complexity index is 2220. The van der Waals surface area contributed by atoms with E-state index in [0.717, 1.165) is 6.07 Å². The van der Waals surface area contributed by atoms with Crippen LogP contribution in [0.15, 0.2) is 65.7 Å². The lowest BCUT2D eigenvalue weighted by Crippen LogP contribution is -2.65. The molecule has 17 atom stereocenters. The Hall–Kier alpha value is -4.37. The summed E-state index contributed by atoms with van der Waals surface area (Å²) >= 11 is 0. The Morgan fingerprint density at radius 3 is 1.85 bits per heavy atom. The van der Waals surface area contributed by atoms with Crippen LogP contribution < -0.4 is 9.47 Å². The van der Waals surface area contributed by atoms with E-state index < -0.39 is 129 Å². The Morgan fingerprint density at radius 1 is 0.629 bits per heavy atom. The van der Waals surface area contributed by atoms with Crippen molar-refractivity contribution in [3.05, 3.63) is 77.4 Å². The highest BCUT2D eigenvalue weighted by molar-refractivity contribution is 6.41. The molecule has 0 bridgehead atoms. The number of ether oxygens (including phenoxy) is 7. The number of aliphatic hydroxyl groups is 11. The first-order valence-corrected chi connectivity index (χ1v) is 19.7. The molecule has 3 aromatic rings. The molecular weight excluding hydrogens is 826 g/mol. The summed E-state index contributed by atoms with van der Waals surface area (Å²) in [4.78, 5) is 4.95. The molecule has 13 N–H and O–H groups in total. The summed E-state index contributed by atoms with van der Waals surface area (Å²) in [7, 11) is 0. The van der Waals surface area contributed by atoms with Gasteiger partial charge in [-0.05, 0) is 23.8 Å². The monoisotopic (exact) mass is 871 g/mol. The van der Waals surface area contributed by atoms with Gasteiger partial charge in [-0.3, -0.25) is 4.99 Å². The third kappa shape index (κ3) is 6.77. The van der Waals surface area contributed by atoms with Crippen LogP contribution in [-0.2, 0) is 23.7 Å². The number of aliphatic imine (C=N–C) groups is 1. The average molecular weight is 872 g/mol. The van der Waals surface area contributed by atoms with Gasteiger partial charge in [-0.2, -0.15) is 0 Å². The number of hydrogen-bond donors (Lipinski definition) is 13. The number of phenols is 2. The van der Waals surface area contributed by atoms with Crippen LogP contribution in [0, 0.1) is 0 Å². The van der Waals surface area contributed by atoms with E-state index in [1.54, 1.807) is 36.4 Å². The highest BCUT2D eigenvalue weighted by Gasteiger charge is 2.66. The molecule has 62 heavy (non-hydrogen) atoms. The Morgan fingerprint density at radius 2 is 1.21 bits per heavy atom. The van der Waals surface area contributed by atoms with E-state index >= 15 is 0 Å². The maximum atomic E-state index is 11.9. The van der Waals surface area contributed by atoms with Gasteiger partial charge in [-0.15, -0.1) is 0 Å². The van der Waals surface area contributed by atoms with Crippen LogP contribution in [0.25, 0.3) is 11.1 Å². The molecule has 5 heterocycles. The summed E-state index contributed by atoms with van der Waals surface area (Å²) in [6.45, 7) is -2.41. The molecule has 0 amide bonds. The van der Waals surface area contributed by atoms with Gasteiger partial charge < -0.3 is 99.5 Å². The molecule has 0 spiro atoms. The first-order chi connectivity index (χ1) is 29.7. The number of hydrogen-bond acceptors (Lipinski definition) is 21. The SMILES string of the molecule is OC[C@H]1O[C@@H](Oc2cc(O)c3c(c2)O[C@]2(O[C@@H]4O[C@H](CO)[C@@H](O)[C@H](O)[C@H]4O[C@@H]4O[C@H](CO)[C@@H](O)[C@H](O)[C@H]4O)C(c4ccc(O)cc4)=C4C(=Nc5ccccc54)[C@H]32)[C@H](O)[C@@H](O)[C@@H]1O. The molecule has 334 valence electrons. The van der Waals surface area contributed by atoms with Crippen molar-refractivity contribution in [3.63, 3.8) is 0 Å². The normalized spacial score (nSPS) is 39.7. The zero-order valence-corrected chi connectivity index (χ0v) is 32.3. The Kier molecular flexibility index (Phi) is 11.3. The van der Waals surface area contributed by atoms with Gasteiger partial charge in [0.05, 0.1) is 36.8 Å². The van der Waals surface area contributed by atoms with E-state index in [2.05, 4.69) is 0 Å². The number of allylic oxidation sites excluding steroid dienone is 1. The van der Waals surface area contributed by atoms with E-state index in [1.807, 2.05) is 0 Å². The molecule has 3 fully saturated rings. The zero-order valence-electron chi connectivity index (χ0n) is 32.3. The minimum Gasteiger partial charge on any atom is -0.508 e. The maximum Gasteiger partial charge on any atom is 0.253 e. The van der Waals surface area contributed by atoms with Crippen LogP contribution in [0.4, 0.5) is 5.69 Å². The maximum absolute atomic E-state index is 11.9. The molecule has 5 aliphatic heterocycles. The Labute approximate surface area is 350 Å². The van der Waals surface area contributed by atoms with Crippen LogP contribution in [0.5, 0.6) is 23.0 Å². The first-order valence-electron chi connectivity index (χ1n) is 19.7. The lowest BCUT2D eigenvalue weighted by atomic mass is 9.88. The van der Waals surface area contributed by atoms with Crippen LogP contribution >= 0.6 is 0 Å². The molecule has 3 aromatic carbocycles. The van der Waals surface area contributed by atoms with E-state index in [1.165, 1.54) is 18.2 Å². The van der Waals surface area contributed by atoms with Crippen molar-refractivity contribution in [2.45, 2.75) is 104 Å². The standard InChI is InChI=1S/C41H45NO20/c43-11-21-29(48)32(51)35(54)38(57-21)56-16-9-19(47)25-20(10-16)61-41(26(14-5-7-15(46)8-6-14)24-17-3-1-2-4-18(17)42-28(24)27(25)41)62-40-37(34(53)31(50)23(13-45)59-40)60-39-36(55)33(52)30(49)22(12-44)58-39/h1-10,21-23,27,29-40,43-55H,11-13H2/t21-,22-,23-,27+,29-,30-,31-,32+,33+,34+,35-,36-,37-,38-,39+,40+,41+/m1/s1. The summed E-state index contributed by atoms with van der Waals surface area (Å²) in [6.07, 6.45) is -26.4. The fourth-order valence-electron chi connectivity index (χ4n) is 8.93. The van der Waals surface area contributed by atoms with E-state index in [-0.39, 0.29) is 28.4 Å². The number of para-hydroxylation sites is 1. The van der Waals surface area contributed by atoms with Gasteiger partial charge in [0.25, 0.3) is 5.79 Å². The fraction of sp³-hybridized carbons (Fsp3) is 0.488. The van der Waals surface area contributed by atoms with Gasteiger partial charge in [0, 0.05) is 28.8 Å². The van der Waals surface area contributed by atoms with Crippen molar-refractivity contribution in [2.24, 2.45) is 4.99 Å². The molecule has 6 aliphatic rings. The summed E-state index contributed by atoms with van der Waals surface area (Å²) in [5.74, 6) is -4.29. The van der Waals surface area contributed by atoms with Gasteiger partial charge >= 0.3 is 0 Å². The third-order valence-electron chi connectivity index (χ3n) is 12.1. The van der Waals surface area contributed by atoms with Crippen molar-refractivity contribution < 1.29 is 99.5 Å². The highest BCUT2D eigenvalue weighted by Crippen LogP contribution is 2.65. The fourth-order valence-corrected chi connectivity index (χ4v) is 8.93. The van der Waals surface area contributed by atoms with Gasteiger partial charge in [0.15, 0.2) is 12.6 Å². The quantitative estimate of drug-likeness (QED) is 0.0954. The van der Waals surface area contributed by atoms with Crippen LogP contribution in [0.1, 0.15) is 22.6 Å². The molecule has 0 saturated carbocycles. The van der Waals surface area contributed by atoms with Crippen molar-refractivity contribution in [2.75, 3.05) is 19.8 Å². The predicted molar refractivity (Wildman–Crippen MR) is 205 cm³/mol. The van der Waals surface area contributed by atoms with Crippen molar-refractivity contribution in [1.29, 1.82) is 0 Å². The number of phenolic OH excluding ortho intramolecular Hbond substituents is 2. The molecule has 0 unspecified atom stereocenters. The molecule has 1 aliphatic carbocycles. The second-order valence-corrected chi connectivity index (χ2v) is 15.8. The largest absolute Gasteiger partial charge is 0.508 e. The summed E-state index contributed by atoms with van der Waals surface area (Å²) in [5.41, 5.74) is 2.64. The van der Waals surface area contributed by atoms with E-state index in [4.69, 9.17) is 38.2 Å². The molecule has 3 saturated heterocycles. The minimum absolute atomic E-state index is 0.0745. The highest BCUT2D eigenvalue weighted by atomic mass is 16.8. The van der Waals surface area contributed by atoms with Crippen LogP contribution in [-0.4, -0.2) is 190 Å². The van der Waals surface area contributed by atoms with E-state index in [9.17, 15) is 66.4 Å². The van der Waals surface area contributed by atoms with Crippen LogP contribution in [0.2, 0.25) is 0 Å². The lowest BCUT2D eigenvalue weighted by molar-refractivity contribution is -0.384. The number of aliphatic hydroxyl groups excluding tert-OH is 11. The number of nitrogens with zero attached hydrogens (tertiary/aromatic N) is 1. The summed E-state index contributed by atoms with van der Waals surface area (Å²) < 4.78 is 42.7. The summed E-state index contributed by atoms with van der Waals surface area (Å²) in [6, 6.07) is 15.5. The minimum atomic E-state index is -2.20. The first kappa shape index (κ1) is 42.9. The van der Waals surface area contributed by atoms with Gasteiger partial charge in [0.2, 0.25) is 6.29 Å². The Balaban J connectivity index is 1.18. The third-order valence-corrected chi connectivity index (χ3v) is 12.1. The van der Waals surface area contributed by atoms with Gasteiger partial charge in [-0.1, -0.05) is 30.3 Å². The molecule has 0 radical (unpaired) electrons. The molecule has 21 nitrogen and oxygen atoms in total.